The lowest BCUT2D eigenvalue weighted by molar-refractivity contribution is 0.0759. The molecule has 0 aromatic carbocycles. The van der Waals surface area contributed by atoms with E-state index < -0.39 is 0 Å². The molecule has 1 fully saturated rings. The molecule has 1 amide bonds. The Bertz CT molecular complexity index is 381. The molecule has 1 saturated carbocycles. The molecule has 1 aromatic heterocycles. The summed E-state index contributed by atoms with van der Waals surface area (Å²) in [5.41, 5.74) is 1.14. The van der Waals surface area contributed by atoms with Crippen molar-refractivity contribution in [1.82, 2.24) is 4.90 Å². The normalized spacial score (nSPS) is 15.2. The lowest BCUT2D eigenvalue weighted by Crippen LogP contribution is -2.34. The summed E-state index contributed by atoms with van der Waals surface area (Å²) in [7, 11) is 0. The molecule has 0 bridgehead atoms. The largest absolute Gasteiger partial charge is 0.334 e. The number of alkyl halides is 1. The van der Waals surface area contributed by atoms with Gasteiger partial charge in [-0.05, 0) is 47.3 Å². The second-order valence-corrected chi connectivity index (χ2v) is 7.15. The maximum absolute atomic E-state index is 12.3. The minimum atomic E-state index is 0.181. The van der Waals surface area contributed by atoms with Crippen LogP contribution in [0.2, 0.25) is 0 Å². The van der Waals surface area contributed by atoms with Crippen molar-refractivity contribution >= 4 is 49.1 Å². The number of thiophene rings is 1. The van der Waals surface area contributed by atoms with Gasteiger partial charge in [0.15, 0.2) is 0 Å². The maximum atomic E-state index is 12.3. The van der Waals surface area contributed by atoms with Gasteiger partial charge in [-0.25, -0.2) is 0 Å². The molecule has 2 nitrogen and oxygen atoms in total. The third kappa shape index (κ3) is 2.68. The van der Waals surface area contributed by atoms with Crippen LogP contribution in [0.4, 0.5) is 0 Å². The summed E-state index contributed by atoms with van der Waals surface area (Å²) in [5.74, 6) is 0.181. The van der Waals surface area contributed by atoms with E-state index in [4.69, 9.17) is 0 Å². The van der Waals surface area contributed by atoms with E-state index >= 15 is 0 Å². The molecule has 1 aromatic rings. The van der Waals surface area contributed by atoms with Crippen LogP contribution < -0.4 is 0 Å². The van der Waals surface area contributed by atoms with Crippen molar-refractivity contribution < 1.29 is 4.79 Å². The highest BCUT2D eigenvalue weighted by Gasteiger charge is 2.33. The summed E-state index contributed by atoms with van der Waals surface area (Å²) in [6.45, 7) is 2.82. The second kappa shape index (κ2) is 5.19. The number of nitrogens with zero attached hydrogens (tertiary/aromatic N) is 1. The number of halogens is 2. The third-order valence-electron chi connectivity index (χ3n) is 2.64. The summed E-state index contributed by atoms with van der Waals surface area (Å²) >= 11 is 8.40. The van der Waals surface area contributed by atoms with Gasteiger partial charge >= 0.3 is 0 Å². The zero-order valence-electron chi connectivity index (χ0n) is 9.00. The van der Waals surface area contributed by atoms with Gasteiger partial charge in [0.1, 0.15) is 0 Å². The molecule has 0 unspecified atom stereocenters. The maximum Gasteiger partial charge on any atom is 0.264 e. The minimum Gasteiger partial charge on any atom is -0.334 e. The van der Waals surface area contributed by atoms with Gasteiger partial charge in [-0.3, -0.25) is 4.79 Å². The van der Waals surface area contributed by atoms with Gasteiger partial charge in [0.2, 0.25) is 0 Å². The number of aryl methyl sites for hydroxylation is 1. The highest BCUT2D eigenvalue weighted by atomic mass is 79.9. The third-order valence-corrected chi connectivity index (χ3v) is 5.12. The number of carbonyl (C=O) groups excluding carboxylic acids is 1. The smallest absolute Gasteiger partial charge is 0.264 e. The molecule has 1 aliphatic carbocycles. The molecule has 0 atom stereocenters. The van der Waals surface area contributed by atoms with Crippen molar-refractivity contribution in [2.45, 2.75) is 25.8 Å². The highest BCUT2D eigenvalue weighted by molar-refractivity contribution is 9.11. The predicted octanol–water partition coefficient (Wildman–Crippen LogP) is 3.82. The van der Waals surface area contributed by atoms with E-state index in [2.05, 4.69) is 31.9 Å². The summed E-state index contributed by atoms with van der Waals surface area (Å²) in [6, 6.07) is 2.45. The van der Waals surface area contributed by atoms with Gasteiger partial charge in [0.05, 0.1) is 8.66 Å². The Balaban J connectivity index is 2.15. The van der Waals surface area contributed by atoms with Crippen LogP contribution in [0.25, 0.3) is 0 Å². The van der Waals surface area contributed by atoms with Gasteiger partial charge < -0.3 is 4.90 Å². The number of carbonyl (C=O) groups is 1. The predicted molar refractivity (Wildman–Crippen MR) is 74.6 cm³/mol. The summed E-state index contributed by atoms with van der Waals surface area (Å²) in [6.07, 6.45) is 2.31. The first-order chi connectivity index (χ1) is 7.63. The van der Waals surface area contributed by atoms with Gasteiger partial charge in [0.25, 0.3) is 5.91 Å². The van der Waals surface area contributed by atoms with E-state index in [1.54, 1.807) is 0 Å². The molecule has 0 saturated heterocycles. The first kappa shape index (κ1) is 12.6. The molecule has 1 heterocycles. The first-order valence-corrected chi connectivity index (χ1v) is 7.99. The Morgan fingerprint density at radius 1 is 1.62 bits per heavy atom. The fourth-order valence-electron chi connectivity index (χ4n) is 1.63. The van der Waals surface area contributed by atoms with Crippen LogP contribution in [0, 0.1) is 6.92 Å². The van der Waals surface area contributed by atoms with E-state index in [1.165, 1.54) is 11.3 Å². The fourth-order valence-corrected chi connectivity index (χ4v) is 3.51. The zero-order chi connectivity index (χ0) is 11.7. The van der Waals surface area contributed by atoms with Crippen LogP contribution in [-0.2, 0) is 0 Å². The summed E-state index contributed by atoms with van der Waals surface area (Å²) in [5, 5.41) is 0.848. The summed E-state index contributed by atoms with van der Waals surface area (Å²) in [4.78, 5) is 15.1. The average molecular weight is 367 g/mol. The first-order valence-electron chi connectivity index (χ1n) is 5.26. The van der Waals surface area contributed by atoms with Gasteiger partial charge in [-0.2, -0.15) is 0 Å². The van der Waals surface area contributed by atoms with Crippen molar-refractivity contribution in [3.05, 3.63) is 20.3 Å². The van der Waals surface area contributed by atoms with Gasteiger partial charge in [0, 0.05) is 17.9 Å². The quantitative estimate of drug-likeness (QED) is 0.742. The standard InChI is InChI=1S/C11H13Br2NOS/c1-7-6-9(16-10(7)13)11(15)14(5-4-12)8-2-3-8/h6,8H,2-5H2,1H3. The highest BCUT2D eigenvalue weighted by Crippen LogP contribution is 2.32. The molecule has 5 heteroatoms. The molecule has 0 aliphatic heterocycles. The Hall–Kier alpha value is 0.130. The topological polar surface area (TPSA) is 20.3 Å². The van der Waals surface area contributed by atoms with Crippen molar-refractivity contribution in [3.63, 3.8) is 0 Å². The fraction of sp³-hybridized carbons (Fsp3) is 0.545. The molecule has 0 radical (unpaired) electrons. The van der Waals surface area contributed by atoms with Crippen molar-refractivity contribution in [3.8, 4) is 0 Å². The Morgan fingerprint density at radius 2 is 2.31 bits per heavy atom. The van der Waals surface area contributed by atoms with Crippen LogP contribution in [0.3, 0.4) is 0 Å². The Morgan fingerprint density at radius 3 is 2.75 bits per heavy atom. The van der Waals surface area contributed by atoms with Crippen molar-refractivity contribution in [2.75, 3.05) is 11.9 Å². The SMILES string of the molecule is Cc1cc(C(=O)N(CCBr)C2CC2)sc1Br. The molecular weight excluding hydrogens is 354 g/mol. The molecule has 16 heavy (non-hydrogen) atoms. The van der Waals surface area contributed by atoms with Gasteiger partial charge in [-0.15, -0.1) is 11.3 Å². The van der Waals surface area contributed by atoms with E-state index in [9.17, 15) is 4.79 Å². The average Bonchev–Trinajstić information content (AvgIpc) is 3.02. The minimum absolute atomic E-state index is 0.181. The second-order valence-electron chi connectivity index (χ2n) is 3.99. The van der Waals surface area contributed by atoms with Crippen LogP contribution in [0.15, 0.2) is 9.85 Å². The number of amides is 1. The van der Waals surface area contributed by atoms with E-state index in [0.29, 0.717) is 6.04 Å². The van der Waals surface area contributed by atoms with E-state index in [-0.39, 0.29) is 5.91 Å². The Labute approximate surface area is 116 Å². The molecule has 0 N–H and O–H groups in total. The van der Waals surface area contributed by atoms with Crippen LogP contribution >= 0.6 is 43.2 Å². The number of rotatable bonds is 4. The van der Waals surface area contributed by atoms with Crippen LogP contribution in [0.1, 0.15) is 28.1 Å². The number of hydrogen-bond donors (Lipinski definition) is 0. The zero-order valence-corrected chi connectivity index (χ0v) is 13.0. The van der Waals surface area contributed by atoms with E-state index in [0.717, 1.165) is 38.9 Å². The lowest BCUT2D eigenvalue weighted by atomic mass is 10.3. The summed E-state index contributed by atoms with van der Waals surface area (Å²) < 4.78 is 1.06. The molecule has 0 spiro atoms. The molecule has 2 rings (SSSR count). The molecular formula is C11H13Br2NOS. The van der Waals surface area contributed by atoms with E-state index in [1.807, 2.05) is 17.9 Å². The lowest BCUT2D eigenvalue weighted by Gasteiger charge is -2.20. The molecule has 1 aliphatic rings. The van der Waals surface area contributed by atoms with Gasteiger partial charge in [-0.1, -0.05) is 15.9 Å². The van der Waals surface area contributed by atoms with Crippen LogP contribution in [-0.4, -0.2) is 28.7 Å². The van der Waals surface area contributed by atoms with Crippen molar-refractivity contribution in [2.24, 2.45) is 0 Å². The number of hydrogen-bond acceptors (Lipinski definition) is 2. The molecule has 88 valence electrons. The van der Waals surface area contributed by atoms with Crippen LogP contribution in [0.5, 0.6) is 0 Å². The monoisotopic (exact) mass is 365 g/mol. The Kier molecular flexibility index (Phi) is 4.08. The van der Waals surface area contributed by atoms with Crippen molar-refractivity contribution in [1.29, 1.82) is 0 Å².